The molecule has 2 heterocycles. The van der Waals surface area contributed by atoms with Crippen molar-refractivity contribution in [3.8, 4) is 0 Å². The minimum Gasteiger partial charge on any atom is -0.354 e. The lowest BCUT2D eigenvalue weighted by molar-refractivity contribution is -0.137. The van der Waals surface area contributed by atoms with Crippen molar-refractivity contribution in [2.45, 2.75) is 24.8 Å². The lowest BCUT2D eigenvalue weighted by Crippen LogP contribution is -2.57. The Morgan fingerprint density at radius 3 is 2.33 bits per heavy atom. The van der Waals surface area contributed by atoms with Gasteiger partial charge in [0.15, 0.2) is 0 Å². The molecule has 7 nitrogen and oxygen atoms in total. The number of para-hydroxylation sites is 1. The summed E-state index contributed by atoms with van der Waals surface area (Å²) >= 11 is 12.2. The van der Waals surface area contributed by atoms with Crippen molar-refractivity contribution in [3.63, 3.8) is 0 Å². The van der Waals surface area contributed by atoms with Crippen LogP contribution in [0.5, 0.6) is 0 Å². The van der Waals surface area contributed by atoms with E-state index in [0.717, 1.165) is 11.3 Å². The molecule has 1 spiro atoms. The first-order valence-corrected chi connectivity index (χ1v) is 13.9. The average molecular weight is 583 g/mol. The van der Waals surface area contributed by atoms with Crippen molar-refractivity contribution in [2.24, 2.45) is 0 Å². The van der Waals surface area contributed by atoms with E-state index in [1.165, 1.54) is 24.3 Å². The number of rotatable bonds is 7. The summed E-state index contributed by atoms with van der Waals surface area (Å²) in [7, 11) is 0. The second-order valence-corrected chi connectivity index (χ2v) is 10.9. The van der Waals surface area contributed by atoms with E-state index in [-0.39, 0.29) is 30.9 Å². The van der Waals surface area contributed by atoms with Crippen LogP contribution in [0.1, 0.15) is 28.8 Å². The first-order chi connectivity index (χ1) is 19.3. The third-order valence-corrected chi connectivity index (χ3v) is 8.20. The summed E-state index contributed by atoms with van der Waals surface area (Å²) in [4.78, 5) is 45.1. The van der Waals surface area contributed by atoms with Gasteiger partial charge in [0.1, 0.15) is 17.9 Å². The fourth-order valence-corrected chi connectivity index (χ4v) is 5.97. The van der Waals surface area contributed by atoms with Crippen LogP contribution in [-0.2, 0) is 16.0 Å². The van der Waals surface area contributed by atoms with E-state index in [4.69, 9.17) is 23.2 Å². The van der Waals surface area contributed by atoms with Crippen LogP contribution in [-0.4, -0.2) is 65.9 Å². The Morgan fingerprint density at radius 2 is 1.65 bits per heavy atom. The summed E-state index contributed by atoms with van der Waals surface area (Å²) in [5.41, 5.74) is 1.31. The van der Waals surface area contributed by atoms with Gasteiger partial charge in [-0.25, -0.2) is 4.39 Å². The number of hydrogen-bond acceptors (Lipinski definition) is 4. The van der Waals surface area contributed by atoms with E-state index in [1.807, 2.05) is 36.4 Å². The molecule has 2 saturated heterocycles. The van der Waals surface area contributed by atoms with E-state index in [9.17, 15) is 18.8 Å². The molecule has 40 heavy (non-hydrogen) atoms. The Kier molecular flexibility index (Phi) is 8.28. The highest BCUT2D eigenvalue weighted by Crippen LogP contribution is 2.39. The number of likely N-dealkylation sites (tertiary alicyclic amines) is 1. The molecule has 208 valence electrons. The number of carbonyl (C=O) groups is 3. The maximum Gasteiger partial charge on any atom is 0.253 e. The standard InChI is InChI=1S/C30H29Cl2FN4O3/c31-23-9-6-21(26(32)18-23)12-15-34-27(38)19-36-20-37(25-4-2-1-3-5-25)30(29(36)40)13-16-35(17-14-30)28(39)22-7-10-24(33)11-8-22/h1-11,18H,12-17,19-20H2,(H,34,38). The first kappa shape index (κ1) is 27.9. The van der Waals surface area contributed by atoms with E-state index >= 15 is 0 Å². The van der Waals surface area contributed by atoms with Crippen molar-refractivity contribution >= 4 is 46.6 Å². The monoisotopic (exact) mass is 582 g/mol. The van der Waals surface area contributed by atoms with Crippen molar-refractivity contribution in [1.29, 1.82) is 0 Å². The minimum atomic E-state index is -0.863. The molecule has 0 unspecified atom stereocenters. The largest absolute Gasteiger partial charge is 0.354 e. The summed E-state index contributed by atoms with van der Waals surface area (Å²) in [5, 5.41) is 3.98. The molecule has 0 saturated carbocycles. The number of nitrogens with one attached hydrogen (secondary N) is 1. The molecule has 2 fully saturated rings. The first-order valence-electron chi connectivity index (χ1n) is 13.1. The number of nitrogens with zero attached hydrogens (tertiary/aromatic N) is 3. The molecular formula is C30H29Cl2FN4O3. The van der Waals surface area contributed by atoms with E-state index in [1.54, 1.807) is 21.9 Å². The zero-order chi connectivity index (χ0) is 28.3. The predicted molar refractivity (Wildman–Crippen MR) is 153 cm³/mol. The smallest absolute Gasteiger partial charge is 0.253 e. The molecule has 2 aliphatic heterocycles. The van der Waals surface area contributed by atoms with Gasteiger partial charge in [0.25, 0.3) is 11.8 Å². The van der Waals surface area contributed by atoms with Gasteiger partial charge >= 0.3 is 0 Å². The zero-order valence-corrected chi connectivity index (χ0v) is 23.3. The van der Waals surface area contributed by atoms with Gasteiger partial charge in [-0.3, -0.25) is 14.4 Å². The van der Waals surface area contributed by atoms with E-state index in [0.29, 0.717) is 54.5 Å². The molecule has 0 atom stereocenters. The second-order valence-electron chi connectivity index (χ2n) is 10.1. The number of carbonyl (C=O) groups excluding carboxylic acids is 3. The molecule has 0 aromatic heterocycles. The van der Waals surface area contributed by atoms with Gasteiger partial charge < -0.3 is 20.0 Å². The molecule has 10 heteroatoms. The highest BCUT2D eigenvalue weighted by molar-refractivity contribution is 6.35. The molecule has 0 aliphatic carbocycles. The predicted octanol–water partition coefficient (Wildman–Crippen LogP) is 4.77. The summed E-state index contributed by atoms with van der Waals surface area (Å²) in [5.74, 6) is -0.973. The molecular weight excluding hydrogens is 554 g/mol. The third-order valence-electron chi connectivity index (χ3n) is 7.62. The number of hydrogen-bond donors (Lipinski definition) is 1. The van der Waals surface area contributed by atoms with Crippen LogP contribution in [0.4, 0.5) is 10.1 Å². The number of halogens is 3. The quantitative estimate of drug-likeness (QED) is 0.435. The van der Waals surface area contributed by atoms with Crippen LogP contribution >= 0.6 is 23.2 Å². The fraction of sp³-hybridized carbons (Fsp3) is 0.300. The van der Waals surface area contributed by atoms with Crippen molar-refractivity contribution < 1.29 is 18.8 Å². The normalized spacial score (nSPS) is 16.5. The van der Waals surface area contributed by atoms with Crippen molar-refractivity contribution in [3.05, 3.63) is 99.8 Å². The number of benzene rings is 3. The number of amides is 3. The van der Waals surface area contributed by atoms with Crippen LogP contribution in [0, 0.1) is 5.82 Å². The Balaban J connectivity index is 1.26. The highest BCUT2D eigenvalue weighted by atomic mass is 35.5. The molecule has 3 amide bonds. The van der Waals surface area contributed by atoms with Crippen LogP contribution in [0.3, 0.4) is 0 Å². The van der Waals surface area contributed by atoms with Gasteiger partial charge in [-0.2, -0.15) is 0 Å². The molecule has 2 aliphatic rings. The summed E-state index contributed by atoms with van der Waals surface area (Å²) in [6.45, 7) is 1.30. The SMILES string of the molecule is O=C(CN1CN(c2ccccc2)C2(CCN(C(=O)c3ccc(F)cc3)CC2)C1=O)NCCc1ccc(Cl)cc1Cl. The molecule has 5 rings (SSSR count). The lowest BCUT2D eigenvalue weighted by Gasteiger charge is -2.43. The molecule has 3 aromatic rings. The van der Waals surface area contributed by atoms with E-state index < -0.39 is 11.4 Å². The maximum absolute atomic E-state index is 13.9. The average Bonchev–Trinajstić information content (AvgIpc) is 3.21. The third kappa shape index (κ3) is 5.78. The van der Waals surface area contributed by atoms with Crippen LogP contribution in [0.25, 0.3) is 0 Å². The molecule has 0 bridgehead atoms. The molecule has 3 aromatic carbocycles. The Labute approximate surface area is 242 Å². The molecule has 0 radical (unpaired) electrons. The van der Waals surface area contributed by atoms with Crippen LogP contribution in [0.2, 0.25) is 10.0 Å². The van der Waals surface area contributed by atoms with Gasteiger partial charge in [-0.1, -0.05) is 47.5 Å². The zero-order valence-electron chi connectivity index (χ0n) is 21.8. The highest BCUT2D eigenvalue weighted by Gasteiger charge is 2.54. The van der Waals surface area contributed by atoms with Gasteiger partial charge in [-0.15, -0.1) is 0 Å². The minimum absolute atomic E-state index is 0.0729. The number of piperidine rings is 1. The second kappa shape index (κ2) is 11.9. The molecule has 1 N–H and O–H groups in total. The Morgan fingerprint density at radius 1 is 0.950 bits per heavy atom. The summed E-state index contributed by atoms with van der Waals surface area (Å²) in [6.07, 6.45) is 1.37. The van der Waals surface area contributed by atoms with E-state index in [2.05, 4.69) is 10.2 Å². The summed E-state index contributed by atoms with van der Waals surface area (Å²) in [6, 6.07) is 20.4. The van der Waals surface area contributed by atoms with Crippen molar-refractivity contribution in [2.75, 3.05) is 37.7 Å². The summed E-state index contributed by atoms with van der Waals surface area (Å²) < 4.78 is 13.3. The topological polar surface area (TPSA) is 73.0 Å². The van der Waals surface area contributed by atoms with Crippen LogP contribution < -0.4 is 10.2 Å². The van der Waals surface area contributed by atoms with Crippen molar-refractivity contribution in [1.82, 2.24) is 15.1 Å². The fourth-order valence-electron chi connectivity index (χ4n) is 5.47. The number of anilines is 1. The Hall–Kier alpha value is -3.62. The maximum atomic E-state index is 13.9. The lowest BCUT2D eigenvalue weighted by atomic mass is 9.85. The van der Waals surface area contributed by atoms with Gasteiger partial charge in [0.05, 0.1) is 6.67 Å². The van der Waals surface area contributed by atoms with Crippen LogP contribution in [0.15, 0.2) is 72.8 Å². The van der Waals surface area contributed by atoms with Gasteiger partial charge in [0.2, 0.25) is 5.91 Å². The van der Waals surface area contributed by atoms with Gasteiger partial charge in [0, 0.05) is 40.9 Å². The van der Waals surface area contributed by atoms with Gasteiger partial charge in [-0.05, 0) is 73.4 Å². The Bertz CT molecular complexity index is 1400.